The Morgan fingerprint density at radius 2 is 0.500 bits per heavy atom. The summed E-state index contributed by atoms with van der Waals surface area (Å²) in [5, 5.41) is 0. The van der Waals surface area contributed by atoms with Gasteiger partial charge in [0.1, 0.15) is 0 Å². The summed E-state index contributed by atoms with van der Waals surface area (Å²) in [7, 11) is -15.5. The molecule has 0 saturated carbocycles. The molecular weight excluding hydrogens is 414 g/mol. The van der Waals surface area contributed by atoms with Crippen LogP contribution in [0.2, 0.25) is 0 Å². The van der Waals surface area contributed by atoms with E-state index in [-0.39, 0.29) is 40.3 Å². The predicted octanol–water partition coefficient (Wildman–Crippen LogP) is -3.64. The van der Waals surface area contributed by atoms with Crippen LogP contribution in [0.25, 0.3) is 0 Å². The Balaban J connectivity index is -0.0000000277. The van der Waals surface area contributed by atoms with E-state index in [2.05, 4.69) is 0 Å². The van der Waals surface area contributed by atoms with Crippen LogP contribution in [0.15, 0.2) is 0 Å². The predicted molar refractivity (Wildman–Crippen MR) is 37.4 cm³/mol. The zero-order valence-corrected chi connectivity index (χ0v) is 12.5. The molecule has 0 aromatic carbocycles. The first-order valence-electron chi connectivity index (χ1n) is 2.00. The van der Waals surface area contributed by atoms with E-state index in [4.69, 9.17) is 52.6 Å². The van der Waals surface area contributed by atoms with E-state index in [0.29, 0.717) is 0 Å². The van der Waals surface area contributed by atoms with Gasteiger partial charge in [-0.05, 0) is 0 Å². The van der Waals surface area contributed by atoms with E-state index < -0.39 is 31.2 Å². The Hall–Kier alpha value is 0.609. The van der Waals surface area contributed by atoms with Gasteiger partial charge in [-0.2, -0.15) is 0 Å². The molecule has 0 unspecified atom stereocenters. The smallest absolute Gasteiger partial charge is 0.759 e. The molecule has 18 heavy (non-hydrogen) atoms. The Morgan fingerprint density at radius 3 is 0.500 bits per heavy atom. The van der Waals surface area contributed by atoms with Crippen LogP contribution in [0, 0.1) is 0 Å². The van der Waals surface area contributed by atoms with E-state index >= 15 is 0 Å². The van der Waals surface area contributed by atoms with Crippen molar-refractivity contribution in [3.05, 3.63) is 0 Å². The molecule has 0 amide bonds. The van der Waals surface area contributed by atoms with Crippen molar-refractivity contribution >= 4 is 31.2 Å². The molecule has 4 N–H and O–H groups in total. The molecule has 18 heteroatoms. The summed E-state index contributed by atoms with van der Waals surface area (Å²) in [6.45, 7) is 0. The molecule has 0 aliphatic heterocycles. The van der Waals surface area contributed by atoms with E-state index in [1.165, 1.54) is 0 Å². The molecule has 0 bridgehead atoms. The first-order valence-corrected chi connectivity index (χ1v) is 6.00. The molecule has 0 fully saturated rings. The zero-order chi connectivity index (χ0) is 13.5. The van der Waals surface area contributed by atoms with Crippen LogP contribution in [-0.2, 0) is 65.3 Å². The van der Waals surface area contributed by atoms with Gasteiger partial charge in [0.25, 0.3) is 0 Å². The normalized spacial score (nSPS) is 9.67. The monoisotopic (exact) mass is 418 g/mol. The second kappa shape index (κ2) is 14.0. The van der Waals surface area contributed by atoms with Gasteiger partial charge in [0, 0.05) is 31.2 Å². The Kier molecular flexibility index (Phi) is 28.3. The Labute approximate surface area is 124 Å². The molecular formula is H4Fe2NO12S3. The molecule has 0 rings (SSSR count). The molecule has 0 atom stereocenters. The average Bonchev–Trinajstić information content (AvgIpc) is 1.41. The number of hydrogen-bond donors (Lipinski definition) is 1. The van der Waals surface area contributed by atoms with Gasteiger partial charge in [0.05, 0.1) is 0 Å². The summed E-state index contributed by atoms with van der Waals surface area (Å²) in [5.74, 6) is 0. The van der Waals surface area contributed by atoms with Crippen molar-refractivity contribution in [2.75, 3.05) is 0 Å². The maximum absolute atomic E-state index is 8.52. The van der Waals surface area contributed by atoms with Gasteiger partial charge < -0.3 is 33.5 Å². The van der Waals surface area contributed by atoms with Gasteiger partial charge in [0.2, 0.25) is 0 Å². The molecule has 0 saturated heterocycles. The van der Waals surface area contributed by atoms with Gasteiger partial charge in [-0.3, -0.25) is 25.3 Å². The van der Waals surface area contributed by atoms with Crippen LogP contribution in [0.5, 0.6) is 0 Å². The van der Waals surface area contributed by atoms with Crippen LogP contribution in [0.3, 0.4) is 0 Å². The molecule has 115 valence electrons. The third kappa shape index (κ3) is 10900. The molecule has 1 radical (unpaired) electrons. The topological polar surface area (TPSA) is 277 Å². The minimum absolute atomic E-state index is 0. The fourth-order valence-corrected chi connectivity index (χ4v) is 0. The van der Waals surface area contributed by atoms with Crippen molar-refractivity contribution < 1.29 is 86.7 Å². The average molecular weight is 418 g/mol. The number of hydrogen-bond acceptors (Lipinski definition) is 12. The number of rotatable bonds is 0. The quantitative estimate of drug-likeness (QED) is 0.226. The standard InChI is InChI=1S/2Fe.H3N.3H2O4S/c;;;3*1-5(2,3)4/h;;1H3;3*(H2,1,2,3,4)/q+2;+3;;;;/p-5. The van der Waals surface area contributed by atoms with Crippen LogP contribution in [0.4, 0.5) is 0 Å². The summed E-state index contributed by atoms with van der Waals surface area (Å²) in [5.41, 5.74) is 0. The van der Waals surface area contributed by atoms with Gasteiger partial charge in [0.15, 0.2) is 0 Å². The van der Waals surface area contributed by atoms with Crippen LogP contribution in [0.1, 0.15) is 0 Å². The molecule has 13 nitrogen and oxygen atoms in total. The van der Waals surface area contributed by atoms with Crippen molar-refractivity contribution in [3.63, 3.8) is 0 Å². The maximum Gasteiger partial charge on any atom is 3.00 e. The largest absolute Gasteiger partial charge is 3.00 e. The van der Waals surface area contributed by atoms with Gasteiger partial charge in [-0.1, -0.05) is 0 Å². The van der Waals surface area contributed by atoms with Gasteiger partial charge >= 0.3 is 34.1 Å². The van der Waals surface area contributed by atoms with Crippen LogP contribution < -0.4 is 6.15 Å². The Morgan fingerprint density at radius 1 is 0.500 bits per heavy atom. The van der Waals surface area contributed by atoms with Crippen molar-refractivity contribution in [2.24, 2.45) is 0 Å². The number of quaternary nitrogens is 1. The maximum atomic E-state index is 8.52. The van der Waals surface area contributed by atoms with Crippen molar-refractivity contribution in [1.29, 1.82) is 0 Å². The van der Waals surface area contributed by atoms with Crippen molar-refractivity contribution in [1.82, 2.24) is 6.15 Å². The summed E-state index contributed by atoms with van der Waals surface area (Å²) < 4.78 is 102. The van der Waals surface area contributed by atoms with Crippen LogP contribution in [-0.4, -0.2) is 52.6 Å². The van der Waals surface area contributed by atoms with Crippen molar-refractivity contribution in [2.45, 2.75) is 0 Å². The molecule has 0 aliphatic rings. The van der Waals surface area contributed by atoms with E-state index in [1.807, 2.05) is 0 Å². The third-order valence-electron chi connectivity index (χ3n) is 0. The molecule has 0 aromatic rings. The molecule has 0 spiro atoms. The fourth-order valence-electron chi connectivity index (χ4n) is 0. The van der Waals surface area contributed by atoms with Crippen molar-refractivity contribution in [3.8, 4) is 0 Å². The van der Waals surface area contributed by atoms with Gasteiger partial charge in [-0.15, -0.1) is 0 Å². The van der Waals surface area contributed by atoms with Gasteiger partial charge in [-0.25, -0.2) is 0 Å². The summed E-state index contributed by atoms with van der Waals surface area (Å²) >= 11 is 0. The first kappa shape index (κ1) is 36.3. The summed E-state index contributed by atoms with van der Waals surface area (Å²) in [6, 6.07) is 0. The Bertz CT molecular complexity index is 346. The van der Waals surface area contributed by atoms with Crippen LogP contribution >= 0.6 is 0 Å². The second-order valence-electron chi connectivity index (χ2n) is 1.22. The SMILES string of the molecule is O=S(=O)([O-])[O-].O=S(=O)([O-])[O-].O=S(=O)([O-])[O-].[Fe+2].[Fe+3].[NH4+]. The first-order chi connectivity index (χ1) is 6.00. The zero-order valence-electron chi connectivity index (χ0n) is 7.83. The summed E-state index contributed by atoms with van der Waals surface area (Å²) in [4.78, 5) is 0. The fraction of sp³-hybridized carbons (Fsp3) is 0. The minimum Gasteiger partial charge on any atom is -0.759 e. The molecule has 0 aromatic heterocycles. The summed E-state index contributed by atoms with van der Waals surface area (Å²) in [6.07, 6.45) is 0. The molecule has 0 aliphatic carbocycles. The second-order valence-corrected chi connectivity index (χ2v) is 3.67. The molecule has 0 heterocycles. The van der Waals surface area contributed by atoms with E-state index in [1.54, 1.807) is 0 Å². The minimum atomic E-state index is -5.17. The third-order valence-corrected chi connectivity index (χ3v) is 0. The van der Waals surface area contributed by atoms with E-state index in [9.17, 15) is 0 Å². The van der Waals surface area contributed by atoms with E-state index in [0.717, 1.165) is 0 Å².